The second-order valence-corrected chi connectivity index (χ2v) is 5.27. The van der Waals surface area contributed by atoms with Crippen LogP contribution in [0.25, 0.3) is 0 Å². The molecule has 2 amide bonds. The zero-order valence-corrected chi connectivity index (χ0v) is 10.00. The van der Waals surface area contributed by atoms with Crippen molar-refractivity contribution in [3.05, 3.63) is 0 Å². The van der Waals surface area contributed by atoms with E-state index in [9.17, 15) is 14.7 Å². The van der Waals surface area contributed by atoms with Crippen molar-refractivity contribution in [2.75, 3.05) is 13.2 Å². The largest absolute Gasteiger partial charge is 0.396 e. The van der Waals surface area contributed by atoms with Gasteiger partial charge in [0.15, 0.2) is 0 Å². The van der Waals surface area contributed by atoms with Gasteiger partial charge in [0.2, 0.25) is 11.8 Å². The summed E-state index contributed by atoms with van der Waals surface area (Å²) in [5.74, 6) is -0.451. The van der Waals surface area contributed by atoms with Crippen LogP contribution in [-0.2, 0) is 9.59 Å². The lowest BCUT2D eigenvalue weighted by molar-refractivity contribution is -0.125. The van der Waals surface area contributed by atoms with E-state index in [0.29, 0.717) is 6.54 Å². The standard InChI is InChI=1S/C12H20N2O3/c15-8-12(4-2-1-3-5-12)7-13-9-6-10(16)14-11(9)17/h9,13,15H,1-8H2,(H,14,16,17). The van der Waals surface area contributed by atoms with Gasteiger partial charge < -0.3 is 10.4 Å². The third-order valence-electron chi connectivity index (χ3n) is 3.94. The van der Waals surface area contributed by atoms with Crippen molar-refractivity contribution in [3.63, 3.8) is 0 Å². The van der Waals surface area contributed by atoms with Gasteiger partial charge in [-0.2, -0.15) is 0 Å². The monoisotopic (exact) mass is 240 g/mol. The number of hydrogen-bond donors (Lipinski definition) is 3. The molecule has 0 bridgehead atoms. The molecule has 0 radical (unpaired) electrons. The van der Waals surface area contributed by atoms with E-state index >= 15 is 0 Å². The lowest BCUT2D eigenvalue weighted by Crippen LogP contribution is -2.45. The number of hydrogen-bond acceptors (Lipinski definition) is 4. The Morgan fingerprint density at radius 1 is 1.29 bits per heavy atom. The predicted molar refractivity (Wildman–Crippen MR) is 62.2 cm³/mol. The number of imide groups is 1. The fraction of sp³-hybridized carbons (Fsp3) is 0.833. The summed E-state index contributed by atoms with van der Waals surface area (Å²) < 4.78 is 0. The molecule has 0 aromatic carbocycles. The zero-order chi connectivity index (χ0) is 12.3. The second kappa shape index (κ2) is 5.14. The molecule has 5 nitrogen and oxygen atoms in total. The summed E-state index contributed by atoms with van der Waals surface area (Å²) in [6.45, 7) is 0.775. The Labute approximate surface area is 101 Å². The molecule has 0 spiro atoms. The minimum Gasteiger partial charge on any atom is -0.396 e. The van der Waals surface area contributed by atoms with Crippen LogP contribution in [0.2, 0.25) is 0 Å². The van der Waals surface area contributed by atoms with Crippen LogP contribution in [0, 0.1) is 5.41 Å². The van der Waals surface area contributed by atoms with Gasteiger partial charge in [-0.15, -0.1) is 0 Å². The van der Waals surface area contributed by atoms with Gasteiger partial charge in [0.25, 0.3) is 0 Å². The molecule has 17 heavy (non-hydrogen) atoms. The van der Waals surface area contributed by atoms with Crippen LogP contribution in [0.5, 0.6) is 0 Å². The summed E-state index contributed by atoms with van der Waals surface area (Å²) in [6.07, 6.45) is 5.72. The molecular weight excluding hydrogens is 220 g/mol. The molecule has 1 heterocycles. The lowest BCUT2D eigenvalue weighted by atomic mass is 9.74. The highest BCUT2D eigenvalue weighted by molar-refractivity contribution is 6.05. The molecule has 5 heteroatoms. The highest BCUT2D eigenvalue weighted by Crippen LogP contribution is 2.35. The van der Waals surface area contributed by atoms with Gasteiger partial charge in [-0.05, 0) is 12.8 Å². The maximum Gasteiger partial charge on any atom is 0.244 e. The Morgan fingerprint density at radius 2 is 2.00 bits per heavy atom. The molecule has 1 aliphatic carbocycles. The second-order valence-electron chi connectivity index (χ2n) is 5.27. The molecule has 2 rings (SSSR count). The number of rotatable bonds is 4. The Bertz CT molecular complexity index is 311. The summed E-state index contributed by atoms with van der Waals surface area (Å²) in [5.41, 5.74) is -0.0931. The van der Waals surface area contributed by atoms with Gasteiger partial charge in [-0.3, -0.25) is 14.9 Å². The van der Waals surface area contributed by atoms with Crippen molar-refractivity contribution in [1.29, 1.82) is 0 Å². The fourth-order valence-electron chi connectivity index (χ4n) is 2.75. The van der Waals surface area contributed by atoms with E-state index in [0.717, 1.165) is 25.7 Å². The van der Waals surface area contributed by atoms with E-state index in [-0.39, 0.29) is 30.3 Å². The minimum absolute atomic E-state index is 0.0931. The number of carbonyl (C=O) groups is 2. The van der Waals surface area contributed by atoms with Crippen LogP contribution in [0.3, 0.4) is 0 Å². The van der Waals surface area contributed by atoms with Crippen LogP contribution in [-0.4, -0.2) is 36.1 Å². The van der Waals surface area contributed by atoms with E-state index in [1.54, 1.807) is 0 Å². The van der Waals surface area contributed by atoms with Crippen molar-refractivity contribution in [3.8, 4) is 0 Å². The lowest BCUT2D eigenvalue weighted by Gasteiger charge is -2.36. The SMILES string of the molecule is O=C1CC(NCC2(CO)CCCCC2)C(=O)N1. The smallest absolute Gasteiger partial charge is 0.244 e. The van der Waals surface area contributed by atoms with E-state index in [2.05, 4.69) is 10.6 Å². The summed E-state index contributed by atoms with van der Waals surface area (Å²) in [6, 6.07) is -0.409. The molecule has 1 unspecified atom stereocenters. The van der Waals surface area contributed by atoms with Gasteiger partial charge in [-0.1, -0.05) is 19.3 Å². The van der Waals surface area contributed by atoms with Crippen LogP contribution >= 0.6 is 0 Å². The Balaban J connectivity index is 1.87. The van der Waals surface area contributed by atoms with E-state index < -0.39 is 6.04 Å². The van der Waals surface area contributed by atoms with Gasteiger partial charge in [0.1, 0.15) is 0 Å². The minimum atomic E-state index is -0.409. The Morgan fingerprint density at radius 3 is 2.53 bits per heavy atom. The molecule has 1 saturated heterocycles. The Kier molecular flexibility index (Phi) is 3.79. The molecule has 0 aromatic rings. The molecule has 2 aliphatic rings. The number of aliphatic hydroxyl groups is 1. The third kappa shape index (κ3) is 2.84. The van der Waals surface area contributed by atoms with E-state index in [4.69, 9.17) is 0 Å². The topological polar surface area (TPSA) is 78.4 Å². The van der Waals surface area contributed by atoms with Gasteiger partial charge >= 0.3 is 0 Å². The predicted octanol–water partition coefficient (Wildman–Crippen LogP) is -0.0661. The average Bonchev–Trinajstić information content (AvgIpc) is 2.67. The molecule has 1 aliphatic heterocycles. The first kappa shape index (κ1) is 12.5. The molecule has 96 valence electrons. The molecular formula is C12H20N2O3. The third-order valence-corrected chi connectivity index (χ3v) is 3.94. The first-order valence-corrected chi connectivity index (χ1v) is 6.33. The quantitative estimate of drug-likeness (QED) is 0.601. The first-order valence-electron chi connectivity index (χ1n) is 6.33. The van der Waals surface area contributed by atoms with Crippen molar-refractivity contribution >= 4 is 11.8 Å². The van der Waals surface area contributed by atoms with Gasteiger partial charge in [0.05, 0.1) is 12.5 Å². The zero-order valence-electron chi connectivity index (χ0n) is 10.00. The van der Waals surface area contributed by atoms with Crippen LogP contribution in [0.15, 0.2) is 0 Å². The fourth-order valence-corrected chi connectivity index (χ4v) is 2.75. The number of carbonyl (C=O) groups excluding carboxylic acids is 2. The summed E-state index contributed by atoms with van der Waals surface area (Å²) in [5, 5.41) is 14.9. The molecule has 0 aromatic heterocycles. The highest BCUT2D eigenvalue weighted by atomic mass is 16.3. The van der Waals surface area contributed by atoms with Crippen molar-refractivity contribution in [2.45, 2.75) is 44.6 Å². The normalized spacial score (nSPS) is 28.2. The number of nitrogens with one attached hydrogen (secondary N) is 2. The summed E-state index contributed by atoms with van der Waals surface area (Å²) >= 11 is 0. The molecule has 1 atom stereocenters. The van der Waals surface area contributed by atoms with Gasteiger partial charge in [-0.25, -0.2) is 0 Å². The van der Waals surface area contributed by atoms with Crippen molar-refractivity contribution in [2.24, 2.45) is 5.41 Å². The van der Waals surface area contributed by atoms with Crippen molar-refractivity contribution < 1.29 is 14.7 Å². The van der Waals surface area contributed by atoms with E-state index in [1.165, 1.54) is 6.42 Å². The molecule has 1 saturated carbocycles. The van der Waals surface area contributed by atoms with Crippen LogP contribution < -0.4 is 10.6 Å². The number of amides is 2. The first-order chi connectivity index (χ1) is 8.15. The molecule has 3 N–H and O–H groups in total. The maximum atomic E-state index is 11.4. The average molecular weight is 240 g/mol. The summed E-state index contributed by atoms with van der Waals surface area (Å²) in [4.78, 5) is 22.4. The van der Waals surface area contributed by atoms with Crippen LogP contribution in [0.4, 0.5) is 0 Å². The van der Waals surface area contributed by atoms with Crippen LogP contribution in [0.1, 0.15) is 38.5 Å². The number of aliphatic hydroxyl groups excluding tert-OH is 1. The molecule has 2 fully saturated rings. The van der Waals surface area contributed by atoms with E-state index in [1.807, 2.05) is 0 Å². The van der Waals surface area contributed by atoms with Crippen molar-refractivity contribution in [1.82, 2.24) is 10.6 Å². The maximum absolute atomic E-state index is 11.4. The summed E-state index contributed by atoms with van der Waals surface area (Å²) in [7, 11) is 0. The van der Waals surface area contributed by atoms with Gasteiger partial charge in [0, 0.05) is 18.6 Å². The highest BCUT2D eigenvalue weighted by Gasteiger charge is 2.35. The Hall–Kier alpha value is -0.940.